The Bertz CT molecular complexity index is 1370. The minimum Gasteiger partial charge on any atom is -0.297 e. The number of rotatable bonds is 5. The van der Waals surface area contributed by atoms with Crippen molar-refractivity contribution in [2.45, 2.75) is 34.6 Å². The Morgan fingerprint density at radius 1 is 1.03 bits per heavy atom. The predicted octanol–water partition coefficient (Wildman–Crippen LogP) is 8.18. The zero-order valence-corrected chi connectivity index (χ0v) is 23.9. The van der Waals surface area contributed by atoms with Crippen molar-refractivity contribution in [1.29, 1.82) is 0 Å². The van der Waals surface area contributed by atoms with Crippen molar-refractivity contribution in [3.8, 4) is 32.7 Å². The lowest BCUT2D eigenvalue weighted by Gasteiger charge is -2.01. The van der Waals surface area contributed by atoms with Crippen molar-refractivity contribution in [1.82, 2.24) is 28.9 Å². The van der Waals surface area contributed by atoms with Gasteiger partial charge < -0.3 is 0 Å². The molecule has 0 aliphatic rings. The molecular formula is C25H28IN6PS. The van der Waals surface area contributed by atoms with E-state index in [1.807, 2.05) is 81.7 Å². The molecule has 0 fully saturated rings. The van der Waals surface area contributed by atoms with Crippen LogP contribution in [0.3, 0.4) is 0 Å². The number of benzene rings is 1. The molecule has 1 aromatic carbocycles. The summed E-state index contributed by atoms with van der Waals surface area (Å²) >= 11 is 3.89. The molecule has 0 N–H and O–H groups in total. The first-order valence-corrected chi connectivity index (χ1v) is 16.0. The molecule has 4 heterocycles. The van der Waals surface area contributed by atoms with Crippen molar-refractivity contribution in [3.05, 3.63) is 72.8 Å². The van der Waals surface area contributed by atoms with E-state index >= 15 is 0 Å². The molecule has 0 amide bonds. The second-order valence-corrected chi connectivity index (χ2v) is 9.67. The number of imidazole rings is 1. The molecule has 0 saturated heterocycles. The molecule has 0 spiro atoms. The van der Waals surface area contributed by atoms with Crippen LogP contribution < -0.4 is 0 Å². The maximum Gasteiger partial charge on any atom is 0.193 e. The number of nitrogens with zero attached hydrogens (tertiary/aromatic N) is 6. The van der Waals surface area contributed by atoms with Gasteiger partial charge in [-0.15, -0.1) is 16.4 Å². The van der Waals surface area contributed by atoms with Gasteiger partial charge in [-0.1, -0.05) is 70.7 Å². The lowest BCUT2D eigenvalue weighted by Crippen LogP contribution is -1.90. The number of thiazole rings is 1. The number of pyridine rings is 1. The highest BCUT2D eigenvalue weighted by Gasteiger charge is 2.22. The lowest BCUT2D eigenvalue weighted by molar-refractivity contribution is 1.02. The van der Waals surface area contributed by atoms with Gasteiger partial charge in [0.1, 0.15) is 27.6 Å². The summed E-state index contributed by atoms with van der Waals surface area (Å²) in [5.41, 5.74) is 5.77. The first kappa shape index (κ1) is 26.2. The van der Waals surface area contributed by atoms with Crippen molar-refractivity contribution in [2.75, 3.05) is 0 Å². The van der Waals surface area contributed by atoms with E-state index in [1.165, 1.54) is 0 Å². The van der Waals surface area contributed by atoms with Crippen LogP contribution in [0.4, 0.5) is 0 Å². The predicted molar refractivity (Wildman–Crippen MR) is 156 cm³/mol. The van der Waals surface area contributed by atoms with E-state index in [0.717, 1.165) is 43.7 Å². The average Bonchev–Trinajstić information content (AvgIpc) is 3.62. The molecule has 4 aromatic heterocycles. The zero-order chi connectivity index (χ0) is 24.7. The Hall–Kier alpha value is -2.42. The quantitative estimate of drug-likeness (QED) is 0.150. The molecular weight excluding hydrogens is 574 g/mol. The van der Waals surface area contributed by atoms with Gasteiger partial charge in [0, 0.05) is 11.8 Å². The molecule has 5 rings (SSSR count). The Labute approximate surface area is 219 Å². The molecule has 6 nitrogen and oxygen atoms in total. The van der Waals surface area contributed by atoms with E-state index in [-0.39, 0.29) is 0 Å². The standard InChI is InChI=1S/C21H16IN6PS.2C2H6/c1-3-14-9-10-16-24-13(2)18(27(16)11-14)21-25-17(15-7-5-4-6-8-15)19(30-21)20-23-12-28(26-20)29-22;2*1-2/h3-12,29H,1H2,2H3;2*1-2H3. The molecule has 34 heavy (non-hydrogen) atoms. The van der Waals surface area contributed by atoms with E-state index in [1.54, 1.807) is 17.7 Å². The fourth-order valence-electron chi connectivity index (χ4n) is 3.33. The van der Waals surface area contributed by atoms with Crippen LogP contribution >= 0.6 is 39.8 Å². The first-order chi connectivity index (χ1) is 16.7. The molecule has 1 atom stereocenters. The number of hydrogen-bond acceptors (Lipinski definition) is 5. The monoisotopic (exact) mass is 602 g/mol. The van der Waals surface area contributed by atoms with E-state index < -0.39 is 0 Å². The molecule has 0 radical (unpaired) electrons. The fourth-order valence-corrected chi connectivity index (χ4v) is 5.38. The van der Waals surface area contributed by atoms with Gasteiger partial charge in [-0.25, -0.2) is 19.4 Å². The maximum atomic E-state index is 5.04. The summed E-state index contributed by atoms with van der Waals surface area (Å²) in [5, 5.41) is 5.53. The maximum absolute atomic E-state index is 5.04. The van der Waals surface area contributed by atoms with Gasteiger partial charge in [-0.3, -0.25) is 4.40 Å². The highest BCUT2D eigenvalue weighted by molar-refractivity contribution is 14.2. The third-order valence-electron chi connectivity index (χ3n) is 4.71. The third-order valence-corrected chi connectivity index (χ3v) is 7.64. The number of halogens is 1. The van der Waals surface area contributed by atoms with Gasteiger partial charge in [-0.2, -0.15) is 0 Å². The molecule has 0 aliphatic carbocycles. The summed E-state index contributed by atoms with van der Waals surface area (Å²) in [6.07, 6.45) is 6.15. The normalized spacial score (nSPS) is 10.6. The zero-order valence-electron chi connectivity index (χ0n) is 20.0. The number of fused-ring (bicyclic) bond motifs is 1. The van der Waals surface area contributed by atoms with Crippen LogP contribution in [0, 0.1) is 6.92 Å². The second kappa shape index (κ2) is 12.3. The van der Waals surface area contributed by atoms with Crippen LogP contribution in [0.25, 0.3) is 44.4 Å². The van der Waals surface area contributed by atoms with Crippen molar-refractivity contribution in [3.63, 3.8) is 0 Å². The molecule has 5 aromatic rings. The number of aryl methyl sites for hydroxylation is 1. The number of aromatic nitrogens is 6. The van der Waals surface area contributed by atoms with Gasteiger partial charge in [0.2, 0.25) is 0 Å². The Morgan fingerprint density at radius 2 is 1.76 bits per heavy atom. The summed E-state index contributed by atoms with van der Waals surface area (Å²) < 4.78 is 3.93. The second-order valence-electron chi connectivity index (χ2n) is 6.60. The Balaban J connectivity index is 0.000000771. The highest BCUT2D eigenvalue weighted by atomic mass is 127. The van der Waals surface area contributed by atoms with E-state index in [4.69, 9.17) is 9.97 Å². The van der Waals surface area contributed by atoms with Crippen molar-refractivity contribution >= 4 is 51.5 Å². The van der Waals surface area contributed by atoms with Crippen LogP contribution in [0.2, 0.25) is 0 Å². The first-order valence-electron chi connectivity index (χ1n) is 11.1. The summed E-state index contributed by atoms with van der Waals surface area (Å²) in [7, 11) is 0. The van der Waals surface area contributed by atoms with Gasteiger partial charge in [0.05, 0.1) is 17.8 Å². The molecule has 0 saturated carbocycles. The minimum absolute atomic E-state index is 0.501. The lowest BCUT2D eigenvalue weighted by atomic mass is 10.1. The smallest absolute Gasteiger partial charge is 0.193 e. The van der Waals surface area contributed by atoms with Crippen molar-refractivity contribution < 1.29 is 0 Å². The largest absolute Gasteiger partial charge is 0.297 e. The molecule has 176 valence electrons. The van der Waals surface area contributed by atoms with Gasteiger partial charge in [0.15, 0.2) is 5.82 Å². The minimum atomic E-state index is 0.501. The Kier molecular flexibility index (Phi) is 9.50. The van der Waals surface area contributed by atoms with Crippen LogP contribution in [-0.4, -0.2) is 28.9 Å². The SMILES string of the molecule is C=Cc1ccc2nc(C)c(-c3nc(-c4ccccc4)c(-c4ncn(PI)n4)s3)n2c1.CC.CC. The summed E-state index contributed by atoms with van der Waals surface area (Å²) in [4.78, 5) is 15.3. The summed E-state index contributed by atoms with van der Waals surface area (Å²) in [5.74, 6) is 0.694. The van der Waals surface area contributed by atoms with Gasteiger partial charge in [-0.05, 0) is 46.7 Å². The number of hydrogen-bond donors (Lipinski definition) is 0. The molecule has 0 bridgehead atoms. The topological polar surface area (TPSA) is 60.9 Å². The molecule has 0 aliphatic heterocycles. The van der Waals surface area contributed by atoms with Crippen molar-refractivity contribution in [2.24, 2.45) is 0 Å². The highest BCUT2D eigenvalue weighted by Crippen LogP contribution is 2.40. The van der Waals surface area contributed by atoms with Crippen LogP contribution in [0.5, 0.6) is 0 Å². The van der Waals surface area contributed by atoms with Gasteiger partial charge in [0.25, 0.3) is 0 Å². The van der Waals surface area contributed by atoms with Crippen LogP contribution in [0.15, 0.2) is 61.6 Å². The average molecular weight is 602 g/mol. The van der Waals surface area contributed by atoms with E-state index in [2.05, 4.69) is 55.2 Å². The van der Waals surface area contributed by atoms with E-state index in [9.17, 15) is 0 Å². The van der Waals surface area contributed by atoms with E-state index in [0.29, 0.717) is 12.2 Å². The van der Waals surface area contributed by atoms with Crippen LogP contribution in [-0.2, 0) is 0 Å². The summed E-state index contributed by atoms with van der Waals surface area (Å²) in [6.45, 7) is 13.9. The summed E-state index contributed by atoms with van der Waals surface area (Å²) in [6, 6.07) is 14.2. The van der Waals surface area contributed by atoms with Gasteiger partial charge >= 0.3 is 0 Å². The third kappa shape index (κ3) is 5.29. The Morgan fingerprint density at radius 3 is 2.41 bits per heavy atom. The fraction of sp³-hybridized carbons (Fsp3) is 0.200. The van der Waals surface area contributed by atoms with Crippen LogP contribution in [0.1, 0.15) is 39.0 Å². The molecule has 1 unspecified atom stereocenters. The molecule has 9 heteroatoms.